The molecule has 1 amide bonds. The molecule has 0 aliphatic rings. The van der Waals surface area contributed by atoms with E-state index in [1.54, 1.807) is 6.08 Å². The van der Waals surface area contributed by atoms with E-state index in [-0.39, 0.29) is 29.5 Å². The number of benzene rings is 2. The van der Waals surface area contributed by atoms with Crippen LogP contribution in [0.25, 0.3) is 21.3 Å². The Kier molecular flexibility index (Phi) is 6.66. The minimum Gasteiger partial charge on any atom is -0.325 e. The van der Waals surface area contributed by atoms with Gasteiger partial charge < -0.3 is 5.32 Å². The second-order valence-electron chi connectivity index (χ2n) is 6.94. The number of amides is 1. The summed E-state index contributed by atoms with van der Waals surface area (Å²) in [6.45, 7) is 4.00. The molecule has 8 nitrogen and oxygen atoms in total. The third-order valence-corrected chi connectivity index (χ3v) is 6.60. The topological polar surface area (TPSA) is 107 Å². The Hall–Kier alpha value is -3.76. The van der Waals surface area contributed by atoms with E-state index in [1.165, 1.54) is 40.2 Å². The number of nitrogens with one attached hydrogen (secondary N) is 1. The number of thiophene rings is 1. The molecule has 0 radical (unpaired) electrons. The summed E-state index contributed by atoms with van der Waals surface area (Å²) >= 11 is 2.53. The first-order valence-electron chi connectivity index (χ1n) is 9.83. The van der Waals surface area contributed by atoms with Crippen LogP contribution in [0.4, 0.5) is 11.4 Å². The van der Waals surface area contributed by atoms with Gasteiger partial charge in [0.25, 0.3) is 11.2 Å². The maximum Gasteiger partial charge on any atom is 0.269 e. The molecule has 0 aliphatic carbocycles. The van der Waals surface area contributed by atoms with Crippen LogP contribution in [0.15, 0.2) is 82.6 Å². The summed E-state index contributed by atoms with van der Waals surface area (Å²) < 4.78 is 1.51. The van der Waals surface area contributed by atoms with Gasteiger partial charge in [-0.25, -0.2) is 4.98 Å². The second-order valence-corrected chi connectivity index (χ2v) is 8.74. The molecule has 33 heavy (non-hydrogen) atoms. The number of thioether (sulfide) groups is 1. The van der Waals surface area contributed by atoms with Crippen molar-refractivity contribution in [2.45, 2.75) is 11.7 Å². The number of aromatic nitrogens is 2. The first kappa shape index (κ1) is 22.4. The number of carbonyl (C=O) groups excluding carboxylic acids is 1. The van der Waals surface area contributed by atoms with Crippen LogP contribution < -0.4 is 10.9 Å². The van der Waals surface area contributed by atoms with Gasteiger partial charge in [-0.2, -0.15) is 0 Å². The molecule has 0 saturated heterocycles. The van der Waals surface area contributed by atoms with Gasteiger partial charge in [0, 0.05) is 35.3 Å². The molecule has 4 rings (SSSR count). The summed E-state index contributed by atoms with van der Waals surface area (Å²) in [7, 11) is 0. The maximum absolute atomic E-state index is 13.3. The number of hydrogen-bond donors (Lipinski definition) is 1. The van der Waals surface area contributed by atoms with E-state index in [0.29, 0.717) is 21.1 Å². The summed E-state index contributed by atoms with van der Waals surface area (Å²) in [5.74, 6) is -0.298. The van der Waals surface area contributed by atoms with Gasteiger partial charge in [-0.15, -0.1) is 17.9 Å². The van der Waals surface area contributed by atoms with E-state index in [0.717, 1.165) is 22.9 Å². The molecule has 0 bridgehead atoms. The van der Waals surface area contributed by atoms with Crippen molar-refractivity contribution in [2.75, 3.05) is 11.1 Å². The Bertz CT molecular complexity index is 1400. The van der Waals surface area contributed by atoms with Crippen LogP contribution in [-0.2, 0) is 11.3 Å². The number of non-ortho nitro benzene ring substituents is 1. The fraction of sp³-hybridized carbons (Fsp3) is 0.0870. The van der Waals surface area contributed by atoms with Crippen molar-refractivity contribution >= 4 is 50.6 Å². The molecule has 0 spiro atoms. The van der Waals surface area contributed by atoms with E-state index in [9.17, 15) is 19.7 Å². The number of rotatable bonds is 8. The van der Waals surface area contributed by atoms with E-state index in [4.69, 9.17) is 0 Å². The number of hydrogen-bond acceptors (Lipinski definition) is 7. The van der Waals surface area contributed by atoms with E-state index >= 15 is 0 Å². The average molecular weight is 479 g/mol. The van der Waals surface area contributed by atoms with Gasteiger partial charge in [0.2, 0.25) is 5.91 Å². The van der Waals surface area contributed by atoms with Crippen molar-refractivity contribution in [3.8, 4) is 11.1 Å². The van der Waals surface area contributed by atoms with Crippen LogP contribution in [0.3, 0.4) is 0 Å². The van der Waals surface area contributed by atoms with Crippen LogP contribution in [-0.4, -0.2) is 26.1 Å². The minimum atomic E-state index is -0.504. The first-order valence-corrected chi connectivity index (χ1v) is 11.7. The predicted octanol–water partition coefficient (Wildman–Crippen LogP) is 4.95. The molecule has 0 fully saturated rings. The minimum absolute atomic E-state index is 0.0169. The molecule has 4 aromatic rings. The quantitative estimate of drug-likeness (QED) is 0.126. The van der Waals surface area contributed by atoms with E-state index in [1.807, 2.05) is 35.7 Å². The predicted molar refractivity (Wildman–Crippen MR) is 132 cm³/mol. The SMILES string of the molecule is C=CCn1c(SCC(=O)Nc2ccc([N+](=O)[O-])cc2)nc2scc(-c3ccccc3)c2c1=O. The highest BCUT2D eigenvalue weighted by atomic mass is 32.2. The lowest BCUT2D eigenvalue weighted by molar-refractivity contribution is -0.384. The van der Waals surface area contributed by atoms with Gasteiger partial charge in [-0.3, -0.25) is 24.3 Å². The number of allylic oxidation sites excluding steroid dienone is 1. The summed E-state index contributed by atoms with van der Waals surface area (Å²) in [6.07, 6.45) is 1.62. The Morgan fingerprint density at radius 2 is 1.94 bits per heavy atom. The molecule has 2 aromatic carbocycles. The number of nitrogens with zero attached hydrogens (tertiary/aromatic N) is 3. The van der Waals surface area contributed by atoms with E-state index in [2.05, 4.69) is 16.9 Å². The highest BCUT2D eigenvalue weighted by molar-refractivity contribution is 7.99. The first-order chi connectivity index (χ1) is 16.0. The van der Waals surface area contributed by atoms with Gasteiger partial charge in [0.1, 0.15) is 4.83 Å². The molecule has 2 heterocycles. The lowest BCUT2D eigenvalue weighted by atomic mass is 10.1. The second kappa shape index (κ2) is 9.80. The third-order valence-electron chi connectivity index (χ3n) is 4.75. The molecule has 166 valence electrons. The molecule has 1 N–H and O–H groups in total. The van der Waals surface area contributed by atoms with Crippen molar-refractivity contribution in [1.29, 1.82) is 0 Å². The molecular weight excluding hydrogens is 460 g/mol. The monoisotopic (exact) mass is 478 g/mol. The van der Waals surface area contributed by atoms with Crippen LogP contribution in [0.2, 0.25) is 0 Å². The van der Waals surface area contributed by atoms with Crippen molar-refractivity contribution in [2.24, 2.45) is 0 Å². The molecule has 0 saturated carbocycles. The number of carbonyl (C=O) groups is 1. The standard InChI is InChI=1S/C23H18N4O4S2/c1-2-12-26-22(29)20-18(15-6-4-3-5-7-15)13-32-21(20)25-23(26)33-14-19(28)24-16-8-10-17(11-9-16)27(30)31/h2-11,13H,1,12,14H2,(H,24,28). The molecule has 0 atom stereocenters. The maximum atomic E-state index is 13.3. The highest BCUT2D eigenvalue weighted by Crippen LogP contribution is 2.32. The summed E-state index contributed by atoms with van der Waals surface area (Å²) in [5.41, 5.74) is 1.98. The number of nitro groups is 1. The molecule has 0 unspecified atom stereocenters. The van der Waals surface area contributed by atoms with Crippen LogP contribution >= 0.6 is 23.1 Å². The van der Waals surface area contributed by atoms with Gasteiger partial charge in [0.15, 0.2) is 5.16 Å². The number of nitro benzene ring substituents is 1. The zero-order valence-electron chi connectivity index (χ0n) is 17.3. The normalized spacial score (nSPS) is 10.8. The smallest absolute Gasteiger partial charge is 0.269 e. The highest BCUT2D eigenvalue weighted by Gasteiger charge is 2.18. The largest absolute Gasteiger partial charge is 0.325 e. The lowest BCUT2D eigenvalue weighted by Gasteiger charge is -2.11. The molecule has 2 aromatic heterocycles. The Morgan fingerprint density at radius 1 is 1.21 bits per heavy atom. The van der Waals surface area contributed by atoms with Gasteiger partial charge in [-0.05, 0) is 17.7 Å². The fourth-order valence-corrected chi connectivity index (χ4v) is 5.03. The third kappa shape index (κ3) is 4.86. The van der Waals surface area contributed by atoms with Gasteiger partial charge >= 0.3 is 0 Å². The van der Waals surface area contributed by atoms with Crippen molar-refractivity contribution in [3.05, 3.63) is 93.1 Å². The molecule has 0 aliphatic heterocycles. The van der Waals surface area contributed by atoms with Crippen LogP contribution in [0.5, 0.6) is 0 Å². The van der Waals surface area contributed by atoms with E-state index < -0.39 is 4.92 Å². The molecular formula is C23H18N4O4S2. The average Bonchev–Trinajstić information content (AvgIpc) is 3.25. The van der Waals surface area contributed by atoms with Crippen molar-refractivity contribution in [1.82, 2.24) is 9.55 Å². The molecule has 10 heteroatoms. The summed E-state index contributed by atoms with van der Waals surface area (Å²) in [6, 6.07) is 15.2. The Labute approximate surface area is 196 Å². The van der Waals surface area contributed by atoms with Crippen molar-refractivity contribution < 1.29 is 9.72 Å². The summed E-state index contributed by atoms with van der Waals surface area (Å²) in [5, 5.41) is 16.3. The fourth-order valence-electron chi connectivity index (χ4n) is 3.23. The Balaban J connectivity index is 1.57. The van der Waals surface area contributed by atoms with Crippen LogP contribution in [0, 0.1) is 10.1 Å². The lowest BCUT2D eigenvalue weighted by Crippen LogP contribution is -2.23. The van der Waals surface area contributed by atoms with Gasteiger partial charge in [0.05, 0.1) is 16.1 Å². The van der Waals surface area contributed by atoms with Crippen molar-refractivity contribution in [3.63, 3.8) is 0 Å². The van der Waals surface area contributed by atoms with Gasteiger partial charge in [-0.1, -0.05) is 48.2 Å². The van der Waals surface area contributed by atoms with Crippen LogP contribution in [0.1, 0.15) is 0 Å². The zero-order valence-corrected chi connectivity index (χ0v) is 18.9. The number of anilines is 1. The summed E-state index contributed by atoms with van der Waals surface area (Å²) in [4.78, 5) is 41.3. The zero-order chi connectivity index (χ0) is 23.4. The number of fused-ring (bicyclic) bond motifs is 1. The Morgan fingerprint density at radius 3 is 2.61 bits per heavy atom.